The number of hydrogen-bond donors (Lipinski definition) is 4. The number of carbonyl (C=O) groups is 1. The van der Waals surface area contributed by atoms with Crippen LogP contribution >= 0.6 is 12.0 Å². The van der Waals surface area contributed by atoms with Gasteiger partial charge in [0.05, 0.1) is 16.9 Å². The van der Waals surface area contributed by atoms with Gasteiger partial charge in [0.2, 0.25) is 0 Å². The van der Waals surface area contributed by atoms with E-state index in [9.17, 15) is 23.4 Å². The van der Waals surface area contributed by atoms with Crippen molar-refractivity contribution in [1.82, 2.24) is 0 Å². The van der Waals surface area contributed by atoms with Crippen molar-refractivity contribution in [3.8, 4) is 11.5 Å². The summed E-state index contributed by atoms with van der Waals surface area (Å²) >= 11 is 0.433. The molecule has 0 aromatic heterocycles. The minimum atomic E-state index is -4.71. The van der Waals surface area contributed by atoms with Crippen molar-refractivity contribution in [2.75, 3.05) is 0 Å². The van der Waals surface area contributed by atoms with Crippen LogP contribution in [-0.4, -0.2) is 34.2 Å². The second-order valence-electron chi connectivity index (χ2n) is 4.40. The van der Waals surface area contributed by atoms with Gasteiger partial charge in [0.15, 0.2) is 5.78 Å². The van der Waals surface area contributed by atoms with E-state index in [1.54, 1.807) is 0 Å². The van der Waals surface area contributed by atoms with E-state index in [0.717, 1.165) is 12.1 Å². The van der Waals surface area contributed by atoms with Gasteiger partial charge in [-0.3, -0.25) is 9.35 Å². The molecule has 0 saturated heterocycles. The maximum absolute atomic E-state index is 12.4. The van der Waals surface area contributed by atoms with Crippen molar-refractivity contribution >= 4 is 27.9 Å². The molecule has 0 saturated carbocycles. The Bertz CT molecular complexity index is 877. The largest absolute Gasteiger partial charge is 0.507 e. The smallest absolute Gasteiger partial charge is 0.298 e. The van der Waals surface area contributed by atoms with Crippen LogP contribution < -0.4 is 0 Å². The Balaban J connectivity index is 2.42. The Hall–Kier alpha value is -2.15. The molecule has 0 aliphatic heterocycles. The lowest BCUT2D eigenvalue weighted by Crippen LogP contribution is -2.05. The van der Waals surface area contributed by atoms with Gasteiger partial charge in [-0.05, 0) is 36.4 Å². The van der Waals surface area contributed by atoms with Crippen LogP contribution in [0.3, 0.4) is 0 Å². The van der Waals surface area contributed by atoms with Crippen LogP contribution in [0.25, 0.3) is 0 Å². The lowest BCUT2D eigenvalue weighted by Gasteiger charge is -2.07. The van der Waals surface area contributed by atoms with Crippen molar-refractivity contribution < 1.29 is 42.6 Å². The number of carbonyl (C=O) groups excluding carboxylic acids is 1. The summed E-state index contributed by atoms with van der Waals surface area (Å²) in [5.74, 6) is -1.60. The predicted molar refractivity (Wildman–Crippen MR) is 80.1 cm³/mol. The van der Waals surface area contributed by atoms with Crippen molar-refractivity contribution in [1.29, 1.82) is 0 Å². The molecule has 0 fully saturated rings. The monoisotopic (exact) mass is 374 g/mol. The lowest BCUT2D eigenvalue weighted by atomic mass is 10.0. The number of phenolic OH excluding ortho intramolecular Hbond substituents is 2. The molecule has 0 radical (unpaired) electrons. The third kappa shape index (κ3) is 4.03. The summed E-state index contributed by atoms with van der Waals surface area (Å²) < 4.78 is 35.6. The van der Waals surface area contributed by atoms with Gasteiger partial charge in [-0.15, -0.1) is 4.33 Å². The molecule has 0 heterocycles. The summed E-state index contributed by atoms with van der Waals surface area (Å²) in [6.45, 7) is 0. The molecule has 4 N–H and O–H groups in total. The first-order valence-electron chi connectivity index (χ1n) is 6.07. The number of hydrogen-bond acceptors (Lipinski definition) is 9. The van der Waals surface area contributed by atoms with Gasteiger partial charge in [-0.1, -0.05) is 5.04 Å². The zero-order valence-corrected chi connectivity index (χ0v) is 13.2. The van der Waals surface area contributed by atoms with Gasteiger partial charge in [0, 0.05) is 11.1 Å². The van der Waals surface area contributed by atoms with E-state index in [1.165, 1.54) is 24.3 Å². The summed E-state index contributed by atoms with van der Waals surface area (Å²) in [6.07, 6.45) is 0. The fraction of sp³-hybridized carbons (Fsp3) is 0. The molecule has 128 valence electrons. The molecule has 0 atom stereocenters. The summed E-state index contributed by atoms with van der Waals surface area (Å²) in [7, 11) is -4.71. The third-order valence-corrected chi connectivity index (χ3v) is 4.39. The van der Waals surface area contributed by atoms with Gasteiger partial charge in [-0.25, -0.2) is 5.26 Å². The molecular formula is C13H10O9S2. The van der Waals surface area contributed by atoms with Gasteiger partial charge < -0.3 is 10.2 Å². The first kappa shape index (κ1) is 18.2. The molecule has 0 bridgehead atoms. The highest BCUT2D eigenvalue weighted by atomic mass is 32.2. The molecule has 2 aromatic carbocycles. The van der Waals surface area contributed by atoms with E-state index in [1.807, 2.05) is 0 Å². The Morgan fingerprint density at radius 2 is 1.58 bits per heavy atom. The summed E-state index contributed by atoms with van der Waals surface area (Å²) in [6, 6.07) is 6.59. The Morgan fingerprint density at radius 1 is 1.00 bits per heavy atom. The van der Waals surface area contributed by atoms with E-state index in [-0.39, 0.29) is 21.8 Å². The van der Waals surface area contributed by atoms with Crippen LogP contribution in [0.15, 0.2) is 46.2 Å². The highest BCUT2D eigenvalue weighted by Gasteiger charge is 2.20. The SMILES string of the molecule is O=C(c1ccc(O)c(SOOO)c1)c1ccc(O)c(S(=O)(=O)O)c1. The fourth-order valence-corrected chi connectivity index (χ4v) is 2.84. The summed E-state index contributed by atoms with van der Waals surface area (Å²) in [4.78, 5) is 11.6. The zero-order chi connectivity index (χ0) is 17.9. The molecule has 0 aliphatic carbocycles. The van der Waals surface area contributed by atoms with Gasteiger partial charge in [0.25, 0.3) is 10.1 Å². The van der Waals surface area contributed by atoms with Gasteiger partial charge in [-0.2, -0.15) is 8.42 Å². The Kier molecular flexibility index (Phi) is 5.43. The summed E-state index contributed by atoms with van der Waals surface area (Å²) in [5.41, 5.74) is -0.0785. The lowest BCUT2D eigenvalue weighted by molar-refractivity contribution is -0.432. The normalized spacial score (nSPS) is 11.4. The number of benzene rings is 2. The fourth-order valence-electron chi connectivity index (χ4n) is 1.80. The minimum absolute atomic E-state index is 0.0451. The van der Waals surface area contributed by atoms with Crippen LogP contribution in [0.1, 0.15) is 15.9 Å². The number of aromatic hydroxyl groups is 2. The molecule has 0 amide bonds. The highest BCUT2D eigenvalue weighted by Crippen LogP contribution is 2.31. The molecule has 24 heavy (non-hydrogen) atoms. The molecule has 0 aliphatic rings. The first-order valence-corrected chi connectivity index (χ1v) is 8.25. The average Bonchev–Trinajstić information content (AvgIpc) is 2.53. The quantitative estimate of drug-likeness (QED) is 0.194. The molecule has 2 aromatic rings. The topological polar surface area (TPSA) is 151 Å². The maximum Gasteiger partial charge on any atom is 0.298 e. The maximum atomic E-state index is 12.4. The average molecular weight is 374 g/mol. The van der Waals surface area contributed by atoms with Crippen molar-refractivity contribution in [2.45, 2.75) is 9.79 Å². The number of phenols is 2. The molecule has 0 unspecified atom stereocenters. The third-order valence-electron chi connectivity index (χ3n) is 2.88. The molecule has 0 spiro atoms. The second kappa shape index (κ2) is 7.17. The molecule has 9 nitrogen and oxygen atoms in total. The second-order valence-corrected chi connectivity index (χ2v) is 6.53. The van der Waals surface area contributed by atoms with E-state index in [4.69, 9.17) is 9.81 Å². The van der Waals surface area contributed by atoms with Crippen LogP contribution in [0.2, 0.25) is 0 Å². The summed E-state index contributed by atoms with van der Waals surface area (Å²) in [5, 5.41) is 30.6. The van der Waals surface area contributed by atoms with Gasteiger partial charge in [0.1, 0.15) is 16.4 Å². The van der Waals surface area contributed by atoms with Crippen LogP contribution in [0.4, 0.5) is 0 Å². The standard InChI is InChI=1S/C13H10O9S2/c14-9-3-1-7(5-11(9)23-22-21-17)13(16)8-2-4-10(15)12(6-8)24(18,19)20/h1-6,14-15,17H,(H,18,19,20). The van der Waals surface area contributed by atoms with E-state index in [0.29, 0.717) is 12.0 Å². The van der Waals surface area contributed by atoms with E-state index in [2.05, 4.69) is 9.37 Å². The highest BCUT2D eigenvalue weighted by molar-refractivity contribution is 7.94. The Morgan fingerprint density at radius 3 is 2.17 bits per heavy atom. The Labute approximate surface area is 139 Å². The van der Waals surface area contributed by atoms with Crippen molar-refractivity contribution in [2.24, 2.45) is 0 Å². The molecule has 11 heteroatoms. The van der Waals surface area contributed by atoms with E-state index < -0.39 is 26.5 Å². The number of ketones is 1. The van der Waals surface area contributed by atoms with Crippen molar-refractivity contribution in [3.05, 3.63) is 47.5 Å². The van der Waals surface area contributed by atoms with Crippen LogP contribution in [0.5, 0.6) is 11.5 Å². The molecular weight excluding hydrogens is 364 g/mol. The van der Waals surface area contributed by atoms with Crippen LogP contribution in [0, 0.1) is 0 Å². The zero-order valence-electron chi connectivity index (χ0n) is 11.6. The van der Waals surface area contributed by atoms with Crippen molar-refractivity contribution in [3.63, 3.8) is 0 Å². The predicted octanol–water partition coefficient (Wildman–Crippen LogP) is 2.00. The first-order chi connectivity index (χ1) is 11.2. The minimum Gasteiger partial charge on any atom is -0.507 e. The van der Waals surface area contributed by atoms with E-state index >= 15 is 0 Å². The van der Waals surface area contributed by atoms with Gasteiger partial charge >= 0.3 is 0 Å². The van der Waals surface area contributed by atoms with Crippen LogP contribution in [-0.2, 0) is 19.5 Å². The molecule has 2 rings (SSSR count). The number of rotatable bonds is 6.